The average molecular weight is 294 g/mol. The molecule has 0 saturated heterocycles. The third-order valence-electron chi connectivity index (χ3n) is 4.78. The molecule has 0 aromatic heterocycles. The van der Waals surface area contributed by atoms with Crippen LogP contribution in [0.3, 0.4) is 0 Å². The van der Waals surface area contributed by atoms with E-state index in [0.29, 0.717) is 5.41 Å². The second-order valence-corrected chi connectivity index (χ2v) is 6.64. The van der Waals surface area contributed by atoms with Crippen molar-refractivity contribution >= 4 is 11.6 Å². The van der Waals surface area contributed by atoms with Gasteiger partial charge in [0, 0.05) is 25.4 Å². The van der Waals surface area contributed by atoms with Gasteiger partial charge in [0.1, 0.15) is 11.9 Å². The number of halogens is 1. The highest BCUT2D eigenvalue weighted by molar-refractivity contribution is 6.18. The summed E-state index contributed by atoms with van der Waals surface area (Å²) >= 11 is 6.23. The van der Waals surface area contributed by atoms with Gasteiger partial charge < -0.3 is 10.1 Å². The molecule has 1 aliphatic heterocycles. The summed E-state index contributed by atoms with van der Waals surface area (Å²) in [5.74, 6) is 1.84. The molecule has 0 amide bonds. The molecule has 0 spiro atoms. The smallest absolute Gasteiger partial charge is 0.123 e. The van der Waals surface area contributed by atoms with Crippen LogP contribution in [0.1, 0.15) is 37.7 Å². The largest absolute Gasteiger partial charge is 0.488 e. The molecule has 1 aromatic carbocycles. The van der Waals surface area contributed by atoms with E-state index >= 15 is 0 Å². The van der Waals surface area contributed by atoms with Crippen molar-refractivity contribution in [2.24, 2.45) is 5.41 Å². The van der Waals surface area contributed by atoms with Crippen LogP contribution in [0.2, 0.25) is 0 Å². The normalized spacial score (nSPS) is 24.1. The van der Waals surface area contributed by atoms with Crippen molar-refractivity contribution in [3.8, 4) is 5.75 Å². The molecule has 2 nitrogen and oxygen atoms in total. The van der Waals surface area contributed by atoms with Gasteiger partial charge in [-0.1, -0.05) is 37.5 Å². The van der Waals surface area contributed by atoms with Crippen LogP contribution < -0.4 is 10.1 Å². The first-order chi connectivity index (χ1) is 9.81. The second-order valence-electron chi connectivity index (χ2n) is 6.38. The highest BCUT2D eigenvalue weighted by atomic mass is 35.5. The summed E-state index contributed by atoms with van der Waals surface area (Å²) in [6.45, 7) is 1.96. The standard InChI is InChI=1S/C17H24ClNO/c18-12-17(8-4-1-5-9-17)13-19-11-15-10-14-6-2-3-7-16(14)20-15/h2-3,6-7,15,19H,1,4-5,8-13H2. The number of rotatable bonds is 5. The van der Waals surface area contributed by atoms with Crippen molar-refractivity contribution in [1.82, 2.24) is 5.32 Å². The van der Waals surface area contributed by atoms with E-state index in [2.05, 4.69) is 23.5 Å². The molecular formula is C17H24ClNO. The third kappa shape index (κ3) is 3.12. The molecule has 20 heavy (non-hydrogen) atoms. The summed E-state index contributed by atoms with van der Waals surface area (Å²) in [6.07, 6.45) is 7.89. The number of hydrogen-bond acceptors (Lipinski definition) is 2. The van der Waals surface area contributed by atoms with Crippen molar-refractivity contribution in [2.45, 2.75) is 44.6 Å². The van der Waals surface area contributed by atoms with Gasteiger partial charge in [-0.2, -0.15) is 0 Å². The van der Waals surface area contributed by atoms with E-state index in [1.165, 1.54) is 37.7 Å². The van der Waals surface area contributed by atoms with Gasteiger partial charge in [0.15, 0.2) is 0 Å². The van der Waals surface area contributed by atoms with Crippen LogP contribution in [0, 0.1) is 5.41 Å². The Labute approximate surface area is 126 Å². The monoisotopic (exact) mass is 293 g/mol. The van der Waals surface area contributed by atoms with E-state index in [9.17, 15) is 0 Å². The molecule has 0 bridgehead atoms. The maximum atomic E-state index is 6.23. The van der Waals surface area contributed by atoms with Crippen LogP contribution >= 0.6 is 11.6 Å². The van der Waals surface area contributed by atoms with Crippen molar-refractivity contribution in [1.29, 1.82) is 0 Å². The number of benzene rings is 1. The fraction of sp³-hybridized carbons (Fsp3) is 0.647. The number of para-hydroxylation sites is 1. The maximum Gasteiger partial charge on any atom is 0.123 e. The van der Waals surface area contributed by atoms with Crippen molar-refractivity contribution in [3.63, 3.8) is 0 Å². The fourth-order valence-corrected chi connectivity index (χ4v) is 3.89. The summed E-state index contributed by atoms with van der Waals surface area (Å²) in [7, 11) is 0. The Morgan fingerprint density at radius 3 is 2.75 bits per heavy atom. The van der Waals surface area contributed by atoms with E-state index in [-0.39, 0.29) is 6.10 Å². The first kappa shape index (κ1) is 14.2. The minimum Gasteiger partial charge on any atom is -0.488 e. The lowest BCUT2D eigenvalue weighted by Gasteiger charge is -2.36. The number of fused-ring (bicyclic) bond motifs is 1. The zero-order valence-electron chi connectivity index (χ0n) is 12.0. The molecule has 2 aliphatic rings. The van der Waals surface area contributed by atoms with Crippen LogP contribution in [-0.2, 0) is 6.42 Å². The summed E-state index contributed by atoms with van der Waals surface area (Å²) in [5, 5.41) is 3.61. The minimum atomic E-state index is 0.281. The topological polar surface area (TPSA) is 21.3 Å². The van der Waals surface area contributed by atoms with E-state index in [0.717, 1.165) is 31.1 Å². The SMILES string of the molecule is ClCC1(CNCC2Cc3ccccc3O2)CCCCC1. The Balaban J connectivity index is 1.47. The van der Waals surface area contributed by atoms with Gasteiger partial charge >= 0.3 is 0 Å². The lowest BCUT2D eigenvalue weighted by Crippen LogP contribution is -2.41. The van der Waals surface area contributed by atoms with Crippen LogP contribution in [0.15, 0.2) is 24.3 Å². The van der Waals surface area contributed by atoms with E-state index < -0.39 is 0 Å². The first-order valence-corrected chi connectivity index (χ1v) is 8.36. The van der Waals surface area contributed by atoms with Crippen molar-refractivity contribution in [3.05, 3.63) is 29.8 Å². The second kappa shape index (κ2) is 6.36. The number of nitrogens with one attached hydrogen (secondary N) is 1. The molecule has 1 atom stereocenters. The number of ether oxygens (including phenoxy) is 1. The molecule has 1 aliphatic carbocycles. The highest BCUT2D eigenvalue weighted by Gasteiger charge is 2.31. The Morgan fingerprint density at radius 2 is 2.00 bits per heavy atom. The number of hydrogen-bond donors (Lipinski definition) is 1. The Hall–Kier alpha value is -0.730. The van der Waals surface area contributed by atoms with Gasteiger partial charge in [0.25, 0.3) is 0 Å². The zero-order valence-corrected chi connectivity index (χ0v) is 12.8. The van der Waals surface area contributed by atoms with Crippen molar-refractivity contribution < 1.29 is 4.74 Å². The summed E-state index contributed by atoms with van der Waals surface area (Å²) < 4.78 is 5.97. The molecule has 3 heteroatoms. The summed E-state index contributed by atoms with van der Waals surface area (Å²) in [4.78, 5) is 0. The highest BCUT2D eigenvalue weighted by Crippen LogP contribution is 2.36. The molecule has 0 radical (unpaired) electrons. The predicted molar refractivity (Wildman–Crippen MR) is 83.7 cm³/mol. The lowest BCUT2D eigenvalue weighted by atomic mass is 9.75. The Bertz CT molecular complexity index is 417. The molecule has 1 aromatic rings. The minimum absolute atomic E-state index is 0.281. The maximum absolute atomic E-state index is 6.23. The number of alkyl halides is 1. The van der Waals surface area contributed by atoms with Crippen LogP contribution in [0.5, 0.6) is 5.75 Å². The summed E-state index contributed by atoms with van der Waals surface area (Å²) in [5.41, 5.74) is 1.66. The Morgan fingerprint density at radius 1 is 1.20 bits per heavy atom. The molecule has 1 unspecified atom stereocenters. The van der Waals surface area contributed by atoms with Gasteiger partial charge in [-0.25, -0.2) is 0 Å². The predicted octanol–water partition coefficient (Wildman–Crippen LogP) is 3.77. The molecule has 1 heterocycles. The van der Waals surface area contributed by atoms with Crippen LogP contribution in [0.4, 0.5) is 0 Å². The third-order valence-corrected chi connectivity index (χ3v) is 5.35. The van der Waals surface area contributed by atoms with E-state index in [4.69, 9.17) is 16.3 Å². The Kier molecular flexibility index (Phi) is 4.52. The molecule has 1 fully saturated rings. The molecule has 1 N–H and O–H groups in total. The van der Waals surface area contributed by atoms with E-state index in [1.807, 2.05) is 6.07 Å². The molecule has 110 valence electrons. The lowest BCUT2D eigenvalue weighted by molar-refractivity contribution is 0.186. The molecule has 1 saturated carbocycles. The van der Waals surface area contributed by atoms with Gasteiger partial charge in [-0.15, -0.1) is 11.6 Å². The van der Waals surface area contributed by atoms with Gasteiger partial charge in [0.2, 0.25) is 0 Å². The molecule has 3 rings (SSSR count). The van der Waals surface area contributed by atoms with Gasteiger partial charge in [-0.3, -0.25) is 0 Å². The quantitative estimate of drug-likeness (QED) is 0.835. The first-order valence-electron chi connectivity index (χ1n) is 7.83. The van der Waals surface area contributed by atoms with Gasteiger partial charge in [-0.05, 0) is 29.9 Å². The zero-order chi connectivity index (χ0) is 13.8. The fourth-order valence-electron chi connectivity index (χ4n) is 3.53. The van der Waals surface area contributed by atoms with E-state index in [1.54, 1.807) is 0 Å². The van der Waals surface area contributed by atoms with Crippen LogP contribution in [-0.4, -0.2) is 25.1 Å². The summed E-state index contributed by atoms with van der Waals surface area (Å²) in [6, 6.07) is 8.36. The van der Waals surface area contributed by atoms with Crippen molar-refractivity contribution in [2.75, 3.05) is 19.0 Å². The van der Waals surface area contributed by atoms with Gasteiger partial charge in [0.05, 0.1) is 0 Å². The average Bonchev–Trinajstić information content (AvgIpc) is 2.91. The van der Waals surface area contributed by atoms with Crippen LogP contribution in [0.25, 0.3) is 0 Å². The molecular weight excluding hydrogens is 270 g/mol.